The van der Waals surface area contributed by atoms with Gasteiger partial charge in [0, 0.05) is 6.61 Å². The molecule has 0 spiro atoms. The third kappa shape index (κ3) is 11.2. The topological polar surface area (TPSA) is 298 Å². The lowest BCUT2D eigenvalue weighted by Crippen LogP contribution is -2.63. The molecule has 3 saturated heterocycles. The maximum atomic E-state index is 10.7. The molecule has 12 N–H and O–H groups in total. The Morgan fingerprint density at radius 1 is 0.660 bits per heavy atom. The lowest BCUT2D eigenvalue weighted by atomic mass is 9.98. The van der Waals surface area contributed by atoms with Gasteiger partial charge in [-0.2, -0.15) is 0 Å². The predicted octanol–water partition coefficient (Wildman–Crippen LogP) is -5.91. The number of aliphatic hydroxyl groups is 12. The van der Waals surface area contributed by atoms with Crippen LogP contribution in [0.1, 0.15) is 19.8 Å². The maximum absolute atomic E-state index is 10.7. The molecule has 18 nitrogen and oxygen atoms in total. The number of aliphatic hydroxyl groups excluding tert-OH is 12. The van der Waals surface area contributed by atoms with Crippen molar-refractivity contribution in [3.05, 3.63) is 24.3 Å². The van der Waals surface area contributed by atoms with Crippen LogP contribution in [0.5, 0.6) is 0 Å². The molecule has 0 amide bonds. The molecule has 0 aliphatic carbocycles. The second-order valence-corrected chi connectivity index (χ2v) is 11.8. The van der Waals surface area contributed by atoms with Gasteiger partial charge < -0.3 is 89.7 Å². The van der Waals surface area contributed by atoms with E-state index in [0.29, 0.717) is 12.8 Å². The van der Waals surface area contributed by atoms with Crippen LogP contribution >= 0.6 is 0 Å². The van der Waals surface area contributed by atoms with Gasteiger partial charge in [0.05, 0.1) is 19.8 Å². The van der Waals surface area contributed by atoms with Crippen LogP contribution in [0.15, 0.2) is 24.3 Å². The van der Waals surface area contributed by atoms with Gasteiger partial charge in [-0.15, -0.1) is 0 Å². The zero-order valence-corrected chi connectivity index (χ0v) is 27.2. The van der Waals surface area contributed by atoms with Gasteiger partial charge in [0.25, 0.3) is 0 Å². The fourth-order valence-corrected chi connectivity index (χ4v) is 5.12. The van der Waals surface area contributed by atoms with Crippen LogP contribution in [-0.4, -0.2) is 192 Å². The number of allylic oxidation sites excluding steroid dienone is 3. The first-order valence-electron chi connectivity index (χ1n) is 16.0. The number of hydrogen-bond donors (Lipinski definition) is 12. The molecule has 0 radical (unpaired) electrons. The molecule has 284 valence electrons. The zero-order valence-electron chi connectivity index (χ0n) is 27.2. The number of ether oxygens (including phenoxy) is 6. The lowest BCUT2D eigenvalue weighted by molar-refractivity contribution is -0.344. The number of rotatable bonds is 14. The van der Waals surface area contributed by atoms with E-state index in [1.807, 2.05) is 0 Å². The van der Waals surface area contributed by atoms with E-state index in [-0.39, 0.29) is 6.61 Å². The highest BCUT2D eigenvalue weighted by molar-refractivity contribution is 5.32. The molecule has 0 aromatic rings. The molecule has 0 unspecified atom stereocenters. The van der Waals surface area contributed by atoms with Gasteiger partial charge in [0.15, 0.2) is 18.9 Å². The molecule has 3 rings (SSSR count). The minimum Gasteiger partial charge on any atom is -0.396 e. The van der Waals surface area contributed by atoms with Crippen LogP contribution in [0.25, 0.3) is 0 Å². The monoisotopic (exact) mass is 720 g/mol. The highest BCUT2D eigenvalue weighted by atomic mass is 16.7. The molecular formula is C32H48O18. The Labute approximate surface area is 288 Å². The van der Waals surface area contributed by atoms with Crippen molar-refractivity contribution in [2.45, 2.75) is 124 Å². The normalized spacial score (nSPS) is 40.5. The van der Waals surface area contributed by atoms with Crippen LogP contribution in [0.2, 0.25) is 0 Å². The average molecular weight is 721 g/mol. The van der Waals surface area contributed by atoms with E-state index in [1.165, 1.54) is 6.08 Å². The molecule has 18 heteroatoms. The van der Waals surface area contributed by atoms with Crippen molar-refractivity contribution in [3.63, 3.8) is 0 Å². The third-order valence-electron chi connectivity index (χ3n) is 8.10. The minimum atomic E-state index is -1.86. The van der Waals surface area contributed by atoms with E-state index < -0.39 is 124 Å². The van der Waals surface area contributed by atoms with Gasteiger partial charge in [-0.25, -0.2) is 0 Å². The second-order valence-electron chi connectivity index (χ2n) is 11.8. The van der Waals surface area contributed by atoms with E-state index in [1.54, 1.807) is 25.2 Å². The Balaban J connectivity index is 1.67. The first-order valence-corrected chi connectivity index (χ1v) is 16.0. The van der Waals surface area contributed by atoms with Gasteiger partial charge in [-0.3, -0.25) is 0 Å². The van der Waals surface area contributed by atoms with Gasteiger partial charge in [-0.1, -0.05) is 30.1 Å². The van der Waals surface area contributed by atoms with Crippen molar-refractivity contribution in [2.75, 3.05) is 26.4 Å². The van der Waals surface area contributed by atoms with Gasteiger partial charge in [-0.05, 0) is 37.7 Å². The molecule has 3 aliphatic rings. The Kier molecular flexibility index (Phi) is 17.6. The molecular weight excluding hydrogens is 672 g/mol. The molecule has 0 aromatic heterocycles. The van der Waals surface area contributed by atoms with Crippen LogP contribution in [0.4, 0.5) is 0 Å². The molecule has 3 fully saturated rings. The number of hydrogen-bond acceptors (Lipinski definition) is 18. The Hall–Kier alpha value is -2.12. The smallest absolute Gasteiger partial charge is 0.187 e. The van der Waals surface area contributed by atoms with Gasteiger partial charge >= 0.3 is 0 Å². The van der Waals surface area contributed by atoms with Crippen LogP contribution in [-0.2, 0) is 28.4 Å². The van der Waals surface area contributed by atoms with Crippen LogP contribution < -0.4 is 0 Å². The summed E-state index contributed by atoms with van der Waals surface area (Å²) in [6, 6.07) is 0. The lowest BCUT2D eigenvalue weighted by Gasteiger charge is -2.44. The molecule has 0 bridgehead atoms. The SMILES string of the molecule is C/C=C/C#CC#C[C@@H](O)[C@@H](/C=C/CCCO)O[C@@H]1O[C@H](CO[C@@H]2O[C@H](CO[C@@H]3O[C@H](CO)[C@@H](O)[C@H](O)[C@H]3O)[C@@H](O)[C@H](O)[C@H]2O)[C@@H](O)[C@H](O)[C@H]1O. The second kappa shape index (κ2) is 20.8. The Bertz CT molecular complexity index is 1190. The van der Waals surface area contributed by atoms with E-state index in [4.69, 9.17) is 33.5 Å². The molecule has 0 aromatic carbocycles. The molecule has 17 atom stereocenters. The molecule has 3 aliphatic heterocycles. The van der Waals surface area contributed by atoms with Crippen molar-refractivity contribution >= 4 is 0 Å². The minimum absolute atomic E-state index is 0.0869. The third-order valence-corrected chi connectivity index (χ3v) is 8.10. The quantitative estimate of drug-likeness (QED) is 0.0452. The summed E-state index contributed by atoms with van der Waals surface area (Å²) in [4.78, 5) is 0. The first-order chi connectivity index (χ1) is 23.9. The highest BCUT2D eigenvalue weighted by Gasteiger charge is 2.49. The summed E-state index contributed by atoms with van der Waals surface area (Å²) in [5.41, 5.74) is 0. The Morgan fingerprint density at radius 3 is 1.68 bits per heavy atom. The summed E-state index contributed by atoms with van der Waals surface area (Å²) in [6.07, 6.45) is -20.8. The predicted molar refractivity (Wildman–Crippen MR) is 166 cm³/mol. The van der Waals surface area contributed by atoms with E-state index in [0.717, 1.165) is 0 Å². The van der Waals surface area contributed by atoms with Crippen molar-refractivity contribution in [1.82, 2.24) is 0 Å². The van der Waals surface area contributed by atoms with Crippen LogP contribution in [0.3, 0.4) is 0 Å². The molecule has 50 heavy (non-hydrogen) atoms. The van der Waals surface area contributed by atoms with Crippen molar-refractivity contribution in [3.8, 4) is 23.7 Å². The van der Waals surface area contributed by atoms with E-state index in [9.17, 15) is 56.2 Å². The van der Waals surface area contributed by atoms with E-state index in [2.05, 4.69) is 23.7 Å². The summed E-state index contributed by atoms with van der Waals surface area (Å²) >= 11 is 0. The summed E-state index contributed by atoms with van der Waals surface area (Å²) in [6.45, 7) is -0.301. The summed E-state index contributed by atoms with van der Waals surface area (Å²) < 4.78 is 33.2. The fraction of sp³-hybridized carbons (Fsp3) is 0.750. The summed E-state index contributed by atoms with van der Waals surface area (Å²) in [5, 5.41) is 123. The van der Waals surface area contributed by atoms with Crippen molar-refractivity contribution in [2.24, 2.45) is 0 Å². The van der Waals surface area contributed by atoms with Gasteiger partial charge in [0.2, 0.25) is 0 Å². The maximum Gasteiger partial charge on any atom is 0.187 e. The number of unbranched alkanes of at least 4 members (excludes halogenated alkanes) is 1. The Morgan fingerprint density at radius 2 is 1.16 bits per heavy atom. The van der Waals surface area contributed by atoms with Crippen LogP contribution in [0, 0.1) is 23.7 Å². The van der Waals surface area contributed by atoms with Crippen molar-refractivity contribution < 1.29 is 89.7 Å². The first kappa shape index (κ1) is 42.3. The largest absolute Gasteiger partial charge is 0.396 e. The average Bonchev–Trinajstić information content (AvgIpc) is 3.11. The standard InChI is InChI=1S/C32H48O18/c1-2-3-4-5-7-10-16(35)17(11-8-6-9-12-33)47-32-29(44)26(41)23(38)20(50-32)15-46-31-28(43)25(40)22(37)19(49-31)14-45-30-27(42)24(39)21(36)18(13-34)48-30/h2-3,8,11,16-44H,6,9,12-15H2,1H3/b3-2+,11-8+/t16-,17-,18-,19-,20-,21-,22-,23-,24+,25+,26+,27-,28-,29-,30-,31-,32-/m1/s1. The fourth-order valence-electron chi connectivity index (χ4n) is 5.12. The van der Waals surface area contributed by atoms with Gasteiger partial charge in [0.1, 0.15) is 85.5 Å². The summed E-state index contributed by atoms with van der Waals surface area (Å²) in [5.74, 6) is 10.1. The molecule has 0 saturated carbocycles. The molecule has 3 heterocycles. The highest BCUT2D eigenvalue weighted by Crippen LogP contribution is 2.28. The van der Waals surface area contributed by atoms with E-state index >= 15 is 0 Å². The summed E-state index contributed by atoms with van der Waals surface area (Å²) in [7, 11) is 0. The zero-order chi connectivity index (χ0) is 37.0. The van der Waals surface area contributed by atoms with Crippen molar-refractivity contribution in [1.29, 1.82) is 0 Å².